The Hall–Kier alpha value is 1.04. The van der Waals surface area contributed by atoms with Gasteiger partial charge in [-0.3, -0.25) is 0 Å². The molecule has 3 atom stereocenters. The standard InChI is InChI=1S/C24H45O4S2Si.3CH3.Sn/c1-7-22(17-25)23(26)24(29-13-9-14-30-24)16-20(2)10-8-11-21(3)18-28-19-27-12-15-31(4,5)6;;;;/h11,20,22-23,25-26H,1,8-10,12-19H2,2-6H3;3*1H3;/b21-11+;;;;/t20-,22?,23?;;;;/m0..../s1. The molecule has 0 bridgehead atoms. The van der Waals surface area contributed by atoms with Crippen molar-refractivity contribution in [3.05, 3.63) is 21.8 Å². The summed E-state index contributed by atoms with van der Waals surface area (Å²) >= 11 is 1.39. The minimum atomic E-state index is -2.44. The number of hydrogen-bond acceptors (Lipinski definition) is 6. The average Bonchev–Trinajstić information content (AvgIpc) is 2.75. The van der Waals surface area contributed by atoms with Gasteiger partial charge in [0.1, 0.15) is 6.79 Å². The number of aliphatic hydroxyl groups excluding tert-OH is 2. The maximum absolute atomic E-state index is 11.6. The van der Waals surface area contributed by atoms with Gasteiger partial charge in [0.2, 0.25) is 0 Å². The van der Waals surface area contributed by atoms with Crippen LogP contribution in [-0.4, -0.2) is 85.0 Å². The van der Waals surface area contributed by atoms with E-state index in [1.807, 2.05) is 23.5 Å². The summed E-state index contributed by atoms with van der Waals surface area (Å²) in [5.74, 6) is 2.44. The molecular weight excluding hydrogens is 599 g/mol. The van der Waals surface area contributed by atoms with Gasteiger partial charge in [0.05, 0.1) is 0 Å². The summed E-state index contributed by atoms with van der Waals surface area (Å²) in [6.45, 7) is 17.7. The minimum absolute atomic E-state index is 0.00473. The van der Waals surface area contributed by atoms with Crippen LogP contribution in [0.25, 0.3) is 0 Å². The number of hydrogen-bond donors (Lipinski definition) is 2. The average molecular weight is 654 g/mol. The molecule has 1 heterocycles. The molecule has 4 nitrogen and oxygen atoms in total. The first-order chi connectivity index (χ1) is 16.2. The zero-order valence-corrected chi connectivity index (χ0v) is 29.3. The van der Waals surface area contributed by atoms with Crippen LogP contribution in [0.15, 0.2) is 21.8 Å². The fourth-order valence-corrected chi connectivity index (χ4v) is 12.6. The Morgan fingerprint density at radius 2 is 1.80 bits per heavy atom. The van der Waals surface area contributed by atoms with Crippen molar-refractivity contribution in [1.82, 2.24) is 0 Å². The summed E-state index contributed by atoms with van der Waals surface area (Å²) in [4.78, 5) is 6.96. The van der Waals surface area contributed by atoms with Crippen molar-refractivity contribution in [3.63, 3.8) is 0 Å². The molecular formula is C27H54O4S2SiSn. The van der Waals surface area contributed by atoms with E-state index >= 15 is 0 Å². The summed E-state index contributed by atoms with van der Waals surface area (Å²) in [7, 11) is -1.04. The summed E-state index contributed by atoms with van der Waals surface area (Å²) in [6, 6.07) is 1.17. The Labute approximate surface area is 230 Å². The molecule has 0 saturated carbocycles. The number of allylic oxidation sites excluding steroid dienone is 1. The van der Waals surface area contributed by atoms with Crippen molar-refractivity contribution in [2.45, 2.75) is 90.2 Å². The predicted octanol–water partition coefficient (Wildman–Crippen LogP) is 7.04. The second-order valence-corrected chi connectivity index (χ2v) is 35.9. The normalized spacial score (nSPS) is 19.9. The van der Waals surface area contributed by atoms with Crippen LogP contribution in [0.3, 0.4) is 0 Å². The first kappa shape index (κ1) is 34.1. The topological polar surface area (TPSA) is 58.9 Å². The molecule has 1 aliphatic heterocycles. The molecule has 206 valence electrons. The first-order valence-corrected chi connectivity index (χ1v) is 29.0. The number of ether oxygens (including phenoxy) is 2. The zero-order chi connectivity index (χ0) is 26.7. The van der Waals surface area contributed by atoms with Crippen molar-refractivity contribution >= 4 is 50.0 Å². The van der Waals surface area contributed by atoms with Crippen LogP contribution in [0.2, 0.25) is 40.5 Å². The van der Waals surface area contributed by atoms with Crippen LogP contribution >= 0.6 is 23.5 Å². The van der Waals surface area contributed by atoms with Crippen molar-refractivity contribution in [1.29, 1.82) is 0 Å². The van der Waals surface area contributed by atoms with E-state index in [2.05, 4.69) is 61.0 Å². The van der Waals surface area contributed by atoms with Crippen LogP contribution in [-0.2, 0) is 9.47 Å². The van der Waals surface area contributed by atoms with Crippen molar-refractivity contribution in [2.75, 3.05) is 38.1 Å². The fraction of sp³-hybridized carbons (Fsp3) is 0.852. The van der Waals surface area contributed by atoms with E-state index in [1.165, 1.54) is 18.0 Å². The molecule has 0 spiro atoms. The predicted molar refractivity (Wildman–Crippen MR) is 163 cm³/mol. The van der Waals surface area contributed by atoms with Crippen LogP contribution in [0.4, 0.5) is 0 Å². The van der Waals surface area contributed by atoms with Gasteiger partial charge in [0.15, 0.2) is 0 Å². The van der Waals surface area contributed by atoms with Gasteiger partial charge in [0, 0.05) is 14.7 Å². The molecule has 2 N–H and O–H groups in total. The van der Waals surface area contributed by atoms with Gasteiger partial charge in [-0.1, -0.05) is 19.6 Å². The molecule has 1 aliphatic rings. The van der Waals surface area contributed by atoms with Crippen molar-refractivity contribution in [2.24, 2.45) is 11.8 Å². The molecule has 8 heteroatoms. The van der Waals surface area contributed by atoms with Crippen LogP contribution in [0.1, 0.15) is 39.5 Å². The van der Waals surface area contributed by atoms with Crippen molar-refractivity contribution in [3.8, 4) is 0 Å². The second-order valence-electron chi connectivity index (χ2n) is 12.5. The molecule has 0 radical (unpaired) electrons. The third-order valence-corrected chi connectivity index (χ3v) is 18.4. The Bertz CT molecular complexity index is 655. The van der Waals surface area contributed by atoms with Crippen LogP contribution in [0, 0.1) is 11.8 Å². The van der Waals surface area contributed by atoms with E-state index in [-0.39, 0.29) is 16.6 Å². The Morgan fingerprint density at radius 1 is 1.17 bits per heavy atom. The Balaban J connectivity index is 2.59. The van der Waals surface area contributed by atoms with Crippen LogP contribution < -0.4 is 0 Å². The van der Waals surface area contributed by atoms with E-state index in [0.29, 0.717) is 19.3 Å². The molecule has 1 fully saturated rings. The number of rotatable bonds is 17. The fourth-order valence-electron chi connectivity index (χ4n) is 4.22. The van der Waals surface area contributed by atoms with Gasteiger partial charge in [-0.2, -0.15) is 0 Å². The van der Waals surface area contributed by atoms with E-state index in [0.717, 1.165) is 41.0 Å². The molecule has 2 unspecified atom stereocenters. The quantitative estimate of drug-likeness (QED) is 0.0761. The Kier molecular flexibility index (Phi) is 15.8. The van der Waals surface area contributed by atoms with Gasteiger partial charge in [0.25, 0.3) is 0 Å². The van der Waals surface area contributed by atoms with Crippen molar-refractivity contribution < 1.29 is 19.7 Å². The molecule has 0 amide bonds. The van der Waals surface area contributed by atoms with Gasteiger partial charge in [-0.05, 0) is 6.04 Å². The first-order valence-electron chi connectivity index (χ1n) is 13.3. The third-order valence-electron chi connectivity index (χ3n) is 6.70. The van der Waals surface area contributed by atoms with Crippen LogP contribution in [0.5, 0.6) is 0 Å². The molecule has 1 saturated heterocycles. The van der Waals surface area contributed by atoms with Gasteiger partial charge < -0.3 is 4.74 Å². The van der Waals surface area contributed by atoms with Gasteiger partial charge in [-0.15, -0.1) is 0 Å². The van der Waals surface area contributed by atoms with E-state index < -0.39 is 32.6 Å². The molecule has 0 aromatic carbocycles. The second kappa shape index (κ2) is 16.2. The number of aliphatic hydroxyl groups is 2. The summed E-state index contributed by atoms with van der Waals surface area (Å²) in [5, 5.41) is 21.9. The SMILES string of the molecule is C=[C](C(CO)C(O)C1(C[C@@H](C)CC/C=C(\C)COCOCC[Si](C)(C)C)SCCCS1)[Sn]([CH3])([CH3])[CH3]. The van der Waals surface area contributed by atoms with E-state index in [9.17, 15) is 10.2 Å². The van der Waals surface area contributed by atoms with Gasteiger partial charge >= 0.3 is 180 Å². The Morgan fingerprint density at radius 3 is 2.34 bits per heavy atom. The van der Waals surface area contributed by atoms with E-state index in [1.54, 1.807) is 0 Å². The third kappa shape index (κ3) is 13.1. The molecule has 35 heavy (non-hydrogen) atoms. The number of thioether (sulfide) groups is 2. The monoisotopic (exact) mass is 654 g/mol. The molecule has 0 aromatic rings. The van der Waals surface area contributed by atoms with Gasteiger partial charge in [-0.25, -0.2) is 0 Å². The summed E-state index contributed by atoms with van der Waals surface area (Å²) < 4.78 is 12.2. The zero-order valence-electron chi connectivity index (χ0n) is 23.8. The van der Waals surface area contributed by atoms with E-state index in [4.69, 9.17) is 9.47 Å². The summed E-state index contributed by atoms with van der Waals surface area (Å²) in [6.07, 6.45) is 5.98. The molecule has 1 rings (SSSR count). The maximum atomic E-state index is 11.6. The molecule has 0 aliphatic carbocycles. The summed E-state index contributed by atoms with van der Waals surface area (Å²) in [5.41, 5.74) is 1.25. The molecule has 0 aromatic heterocycles.